The molecule has 5 rings (SSSR count). The summed E-state index contributed by atoms with van der Waals surface area (Å²) in [6.07, 6.45) is 5.79. The molecule has 0 radical (unpaired) electrons. The lowest BCUT2D eigenvalue weighted by molar-refractivity contribution is 0.559. The Morgan fingerprint density at radius 1 is 0.971 bits per heavy atom. The van der Waals surface area contributed by atoms with Crippen LogP contribution in [0.5, 0.6) is 0 Å². The average molecular weight is 455 g/mol. The summed E-state index contributed by atoms with van der Waals surface area (Å²) >= 11 is 0. The van der Waals surface area contributed by atoms with Gasteiger partial charge in [0.1, 0.15) is 11.6 Å². The fourth-order valence-electron chi connectivity index (χ4n) is 3.90. The van der Waals surface area contributed by atoms with Crippen LogP contribution in [0, 0.1) is 19.7 Å². The van der Waals surface area contributed by atoms with Crippen LogP contribution in [-0.4, -0.2) is 26.5 Å². The summed E-state index contributed by atoms with van der Waals surface area (Å²) in [6.45, 7) is 4.39. The number of rotatable bonds is 6. The number of furan rings is 1. The molecule has 0 fully saturated rings. The first-order valence-electron chi connectivity index (χ1n) is 10.9. The zero-order chi connectivity index (χ0) is 23.7. The first-order chi connectivity index (χ1) is 16.5. The fraction of sp³-hybridized carbons (Fsp3) is 0.154. The van der Waals surface area contributed by atoms with Gasteiger partial charge in [-0.15, -0.1) is 0 Å². The van der Waals surface area contributed by atoms with Gasteiger partial charge in [0.15, 0.2) is 11.4 Å². The highest BCUT2D eigenvalue weighted by molar-refractivity contribution is 5.86. The Kier molecular flexibility index (Phi) is 5.63. The number of nitrogens with two attached hydrogens (primary N) is 1. The minimum absolute atomic E-state index is 0.256. The van der Waals surface area contributed by atoms with Crippen molar-refractivity contribution in [3.63, 3.8) is 0 Å². The summed E-state index contributed by atoms with van der Waals surface area (Å²) in [4.78, 5) is 17.1. The zero-order valence-electron chi connectivity index (χ0n) is 18.8. The van der Waals surface area contributed by atoms with Gasteiger partial charge >= 0.3 is 0 Å². The van der Waals surface area contributed by atoms with Gasteiger partial charge in [-0.25, -0.2) is 24.3 Å². The van der Waals surface area contributed by atoms with E-state index in [1.165, 1.54) is 6.07 Å². The van der Waals surface area contributed by atoms with Crippen molar-refractivity contribution in [2.45, 2.75) is 20.3 Å². The smallest absolute Gasteiger partial charge is 0.219 e. The maximum Gasteiger partial charge on any atom is 0.219 e. The Morgan fingerprint density at radius 2 is 1.79 bits per heavy atom. The Bertz CT molecular complexity index is 1480. The van der Waals surface area contributed by atoms with Crippen LogP contribution in [0.25, 0.3) is 33.4 Å². The van der Waals surface area contributed by atoms with Gasteiger partial charge < -0.3 is 15.5 Å². The van der Waals surface area contributed by atoms with E-state index in [0.717, 1.165) is 34.1 Å². The highest BCUT2D eigenvalue weighted by Crippen LogP contribution is 2.30. The van der Waals surface area contributed by atoms with Gasteiger partial charge in [0.25, 0.3) is 0 Å². The van der Waals surface area contributed by atoms with Crippen molar-refractivity contribution in [3.05, 3.63) is 83.9 Å². The quantitative estimate of drug-likeness (QED) is 0.357. The monoisotopic (exact) mass is 454 g/mol. The minimum Gasteiger partial charge on any atom is -0.461 e. The molecule has 8 heteroatoms. The van der Waals surface area contributed by atoms with E-state index >= 15 is 0 Å². The lowest BCUT2D eigenvalue weighted by atomic mass is 10.0. The van der Waals surface area contributed by atoms with Crippen LogP contribution in [0.15, 0.2) is 65.5 Å². The van der Waals surface area contributed by atoms with Gasteiger partial charge in [-0.05, 0) is 49.1 Å². The normalized spacial score (nSPS) is 11.1. The summed E-state index contributed by atoms with van der Waals surface area (Å²) < 4.78 is 19.9. The Hall–Kier alpha value is -4.33. The molecule has 0 saturated heterocycles. The van der Waals surface area contributed by atoms with Crippen LogP contribution < -0.4 is 11.1 Å². The number of benzene rings is 2. The molecule has 3 heterocycles. The zero-order valence-corrected chi connectivity index (χ0v) is 18.8. The van der Waals surface area contributed by atoms with Gasteiger partial charge in [-0.1, -0.05) is 24.3 Å². The molecule has 3 N–H and O–H groups in total. The number of halogens is 1. The largest absolute Gasteiger partial charge is 0.461 e. The maximum absolute atomic E-state index is 14.5. The van der Waals surface area contributed by atoms with Gasteiger partial charge in [0.2, 0.25) is 5.95 Å². The third-order valence-corrected chi connectivity index (χ3v) is 5.61. The second kappa shape index (κ2) is 8.90. The molecule has 0 aliphatic heterocycles. The first-order valence-corrected chi connectivity index (χ1v) is 10.9. The highest BCUT2D eigenvalue weighted by Gasteiger charge is 2.13. The number of anilines is 2. The van der Waals surface area contributed by atoms with E-state index in [1.54, 1.807) is 18.7 Å². The summed E-state index contributed by atoms with van der Waals surface area (Å²) in [5, 5.41) is 4.11. The van der Waals surface area contributed by atoms with Crippen molar-refractivity contribution >= 4 is 22.7 Å². The molecule has 0 atom stereocenters. The summed E-state index contributed by atoms with van der Waals surface area (Å²) in [6, 6.07) is 13.4. The van der Waals surface area contributed by atoms with Crippen molar-refractivity contribution < 1.29 is 8.81 Å². The number of nitrogen functional groups attached to an aromatic ring is 1. The van der Waals surface area contributed by atoms with E-state index < -0.39 is 5.82 Å². The predicted octanol–water partition coefficient (Wildman–Crippen LogP) is 5.34. The summed E-state index contributed by atoms with van der Waals surface area (Å²) in [5.41, 5.74) is 11.2. The van der Waals surface area contributed by atoms with Crippen LogP contribution in [-0.2, 0) is 6.42 Å². The van der Waals surface area contributed by atoms with Crippen LogP contribution in [0.1, 0.15) is 17.0 Å². The van der Waals surface area contributed by atoms with Crippen molar-refractivity contribution in [2.24, 2.45) is 0 Å². The van der Waals surface area contributed by atoms with Crippen molar-refractivity contribution in [2.75, 3.05) is 17.6 Å². The van der Waals surface area contributed by atoms with E-state index in [2.05, 4.69) is 37.4 Å². The number of aromatic nitrogens is 4. The van der Waals surface area contributed by atoms with Gasteiger partial charge in [-0.3, -0.25) is 0 Å². The van der Waals surface area contributed by atoms with Crippen LogP contribution >= 0.6 is 0 Å². The molecule has 0 aliphatic carbocycles. The molecule has 34 heavy (non-hydrogen) atoms. The molecule has 0 saturated carbocycles. The number of hydrogen-bond acceptors (Lipinski definition) is 7. The lowest BCUT2D eigenvalue weighted by Crippen LogP contribution is -2.08. The third kappa shape index (κ3) is 4.43. The van der Waals surface area contributed by atoms with E-state index in [9.17, 15) is 4.39 Å². The van der Waals surface area contributed by atoms with E-state index in [1.807, 2.05) is 38.1 Å². The number of nitrogens with zero attached hydrogens (tertiary/aromatic N) is 4. The Labute approximate surface area is 195 Å². The number of fused-ring (bicyclic) bond motifs is 1. The van der Waals surface area contributed by atoms with Crippen LogP contribution in [0.2, 0.25) is 0 Å². The number of hydrogen-bond donors (Lipinski definition) is 2. The van der Waals surface area contributed by atoms with Crippen LogP contribution in [0.3, 0.4) is 0 Å². The number of nitrogens with one attached hydrogen (secondary N) is 1. The Morgan fingerprint density at radius 3 is 2.62 bits per heavy atom. The molecule has 3 aromatic heterocycles. The molecular formula is C26H23FN6O. The maximum atomic E-state index is 14.5. The summed E-state index contributed by atoms with van der Waals surface area (Å²) in [5.74, 6) is 1.15. The fourth-order valence-corrected chi connectivity index (χ4v) is 3.90. The lowest BCUT2D eigenvalue weighted by Gasteiger charge is -2.10. The van der Waals surface area contributed by atoms with Crippen molar-refractivity contribution in [3.8, 4) is 22.4 Å². The second-order valence-electron chi connectivity index (χ2n) is 8.15. The molecule has 5 aromatic rings. The molecular weight excluding hydrogens is 431 g/mol. The first kappa shape index (κ1) is 21.5. The van der Waals surface area contributed by atoms with Gasteiger partial charge in [-0.2, -0.15) is 0 Å². The van der Waals surface area contributed by atoms with Crippen LogP contribution in [0.4, 0.5) is 16.2 Å². The summed E-state index contributed by atoms with van der Waals surface area (Å²) in [7, 11) is 0. The molecule has 2 aromatic carbocycles. The average Bonchev–Trinajstić information content (AvgIpc) is 3.21. The molecule has 170 valence electrons. The molecule has 0 spiro atoms. The second-order valence-corrected chi connectivity index (χ2v) is 8.15. The molecule has 0 amide bonds. The molecule has 0 unspecified atom stereocenters. The number of aryl methyl sites for hydroxylation is 2. The highest BCUT2D eigenvalue weighted by atomic mass is 19.1. The van der Waals surface area contributed by atoms with E-state index in [4.69, 9.17) is 10.2 Å². The molecule has 0 bridgehead atoms. The molecule has 7 nitrogen and oxygen atoms in total. The Balaban J connectivity index is 1.32. The third-order valence-electron chi connectivity index (χ3n) is 5.61. The predicted molar refractivity (Wildman–Crippen MR) is 131 cm³/mol. The SMILES string of the molecule is Cc1nc(NCCc2cccc(-c3cnc(N)nc3)c2)cc(-c2cc(F)c3occ(C)c3c2)n1. The topological polar surface area (TPSA) is 103 Å². The molecule has 0 aliphatic rings. The van der Waals surface area contributed by atoms with Gasteiger partial charge in [0.05, 0.1) is 12.0 Å². The van der Waals surface area contributed by atoms with E-state index in [0.29, 0.717) is 29.4 Å². The van der Waals surface area contributed by atoms with Crippen molar-refractivity contribution in [1.82, 2.24) is 19.9 Å². The van der Waals surface area contributed by atoms with E-state index in [-0.39, 0.29) is 11.5 Å². The van der Waals surface area contributed by atoms with Gasteiger partial charge in [0, 0.05) is 41.5 Å². The van der Waals surface area contributed by atoms with Crippen molar-refractivity contribution in [1.29, 1.82) is 0 Å². The minimum atomic E-state index is -0.405. The standard InChI is InChI=1S/C26H23FN6O/c1-15-14-34-25-21(15)9-19(10-22(25)27)23-11-24(33-16(2)32-23)29-7-6-17-4-3-5-18(8-17)20-12-30-26(28)31-13-20/h3-5,8-14H,6-7H2,1-2H3,(H2,28,30,31)(H,29,32,33).